The number of carbonyl (C=O) groups excluding carboxylic acids is 1. The molecule has 1 aliphatic rings. The van der Waals surface area contributed by atoms with Crippen molar-refractivity contribution < 1.29 is 9.90 Å². The molecule has 1 aliphatic heterocycles. The number of thiophene rings is 1. The van der Waals surface area contributed by atoms with Crippen molar-refractivity contribution in [2.45, 2.75) is 25.9 Å². The smallest absolute Gasteiger partial charge is 0.249 e. The fourth-order valence-electron chi connectivity index (χ4n) is 2.60. The van der Waals surface area contributed by atoms with Gasteiger partial charge in [0.25, 0.3) is 0 Å². The van der Waals surface area contributed by atoms with Gasteiger partial charge in [-0.1, -0.05) is 6.92 Å². The monoisotopic (exact) mass is 297 g/mol. The molecule has 1 unspecified atom stereocenters. The first-order valence-corrected chi connectivity index (χ1v) is 7.96. The number of aliphatic hydroxyl groups is 1. The molecule has 0 spiro atoms. The predicted octanol–water partition coefficient (Wildman–Crippen LogP) is 0.736. The summed E-state index contributed by atoms with van der Waals surface area (Å²) in [6.45, 7) is 7.22. The van der Waals surface area contributed by atoms with Crippen molar-refractivity contribution in [1.82, 2.24) is 9.80 Å². The van der Waals surface area contributed by atoms with Gasteiger partial charge in [-0.05, 0) is 12.5 Å². The molecule has 1 amide bonds. The van der Waals surface area contributed by atoms with Crippen molar-refractivity contribution in [2.24, 2.45) is 5.73 Å². The van der Waals surface area contributed by atoms with Crippen molar-refractivity contribution in [3.05, 3.63) is 21.9 Å². The summed E-state index contributed by atoms with van der Waals surface area (Å²) < 4.78 is 0. The molecule has 0 aromatic carbocycles. The van der Waals surface area contributed by atoms with Gasteiger partial charge in [-0.15, -0.1) is 11.3 Å². The standard InChI is InChI=1S/C14H23N3O2S/c1-2-12(9-18)17-5-3-16(4-6-17)8-13-7-11(10-20-13)14(15)19/h7,10,12,18H,2-6,8-9H2,1H3,(H2,15,19). The zero-order valence-corrected chi connectivity index (χ0v) is 12.7. The molecule has 1 fully saturated rings. The summed E-state index contributed by atoms with van der Waals surface area (Å²) in [6.07, 6.45) is 0.989. The van der Waals surface area contributed by atoms with E-state index in [9.17, 15) is 9.90 Å². The third-order valence-corrected chi connectivity index (χ3v) is 4.84. The number of aliphatic hydroxyl groups excluding tert-OH is 1. The Kier molecular flexibility index (Phi) is 5.54. The van der Waals surface area contributed by atoms with Crippen molar-refractivity contribution in [3.63, 3.8) is 0 Å². The summed E-state index contributed by atoms with van der Waals surface area (Å²) >= 11 is 1.59. The van der Waals surface area contributed by atoms with Crippen LogP contribution in [0, 0.1) is 0 Å². The van der Waals surface area contributed by atoms with Gasteiger partial charge in [0, 0.05) is 49.0 Å². The summed E-state index contributed by atoms with van der Waals surface area (Å²) in [5.41, 5.74) is 5.87. The lowest BCUT2D eigenvalue weighted by molar-refractivity contribution is 0.0612. The fourth-order valence-corrected chi connectivity index (χ4v) is 3.52. The normalized spacial score (nSPS) is 19.1. The minimum absolute atomic E-state index is 0.239. The van der Waals surface area contributed by atoms with Crippen LogP contribution in [0.15, 0.2) is 11.4 Å². The second-order valence-corrected chi connectivity index (χ2v) is 6.22. The molecule has 112 valence electrons. The molecule has 0 bridgehead atoms. The van der Waals surface area contributed by atoms with Gasteiger partial charge in [-0.2, -0.15) is 0 Å². The molecule has 2 rings (SSSR count). The van der Waals surface area contributed by atoms with Crippen LogP contribution < -0.4 is 5.73 Å². The van der Waals surface area contributed by atoms with Crippen LogP contribution in [-0.4, -0.2) is 59.6 Å². The van der Waals surface area contributed by atoms with E-state index in [4.69, 9.17) is 5.73 Å². The van der Waals surface area contributed by atoms with Crippen LogP contribution in [0.4, 0.5) is 0 Å². The topological polar surface area (TPSA) is 69.8 Å². The molecule has 1 atom stereocenters. The predicted molar refractivity (Wildman–Crippen MR) is 80.9 cm³/mol. The summed E-state index contributed by atoms with van der Waals surface area (Å²) in [7, 11) is 0. The van der Waals surface area contributed by atoms with Crippen molar-refractivity contribution in [1.29, 1.82) is 0 Å². The lowest BCUT2D eigenvalue weighted by Crippen LogP contribution is -2.50. The van der Waals surface area contributed by atoms with Gasteiger partial charge in [-0.25, -0.2) is 0 Å². The van der Waals surface area contributed by atoms with Crippen LogP contribution in [-0.2, 0) is 6.54 Å². The van der Waals surface area contributed by atoms with E-state index in [-0.39, 0.29) is 12.5 Å². The third-order valence-electron chi connectivity index (χ3n) is 3.92. The van der Waals surface area contributed by atoms with Gasteiger partial charge in [0.15, 0.2) is 0 Å². The van der Waals surface area contributed by atoms with E-state index in [0.29, 0.717) is 11.6 Å². The zero-order chi connectivity index (χ0) is 14.5. The second-order valence-electron chi connectivity index (χ2n) is 5.22. The number of nitrogens with zero attached hydrogens (tertiary/aromatic N) is 2. The van der Waals surface area contributed by atoms with Crippen LogP contribution in [0.1, 0.15) is 28.6 Å². The highest BCUT2D eigenvalue weighted by Crippen LogP contribution is 2.18. The summed E-state index contributed by atoms with van der Waals surface area (Å²) in [6, 6.07) is 2.18. The SMILES string of the molecule is CCC(CO)N1CCN(Cc2cc(C(N)=O)cs2)CC1. The van der Waals surface area contributed by atoms with Gasteiger partial charge >= 0.3 is 0 Å². The molecular weight excluding hydrogens is 274 g/mol. The Labute approximate surface area is 124 Å². The van der Waals surface area contributed by atoms with E-state index in [1.807, 2.05) is 11.4 Å². The molecule has 0 radical (unpaired) electrons. The van der Waals surface area contributed by atoms with E-state index in [0.717, 1.165) is 39.1 Å². The molecule has 6 heteroatoms. The molecule has 20 heavy (non-hydrogen) atoms. The van der Waals surface area contributed by atoms with Crippen LogP contribution in [0.25, 0.3) is 0 Å². The van der Waals surface area contributed by atoms with Gasteiger partial charge in [0.05, 0.1) is 12.2 Å². The first-order chi connectivity index (χ1) is 9.63. The molecule has 5 nitrogen and oxygen atoms in total. The first kappa shape index (κ1) is 15.4. The quantitative estimate of drug-likeness (QED) is 0.812. The highest BCUT2D eigenvalue weighted by Gasteiger charge is 2.22. The Balaban J connectivity index is 1.83. The number of hydrogen-bond donors (Lipinski definition) is 2. The lowest BCUT2D eigenvalue weighted by Gasteiger charge is -2.38. The van der Waals surface area contributed by atoms with Crippen LogP contribution in [0.5, 0.6) is 0 Å². The van der Waals surface area contributed by atoms with Crippen LogP contribution in [0.2, 0.25) is 0 Å². The van der Waals surface area contributed by atoms with Gasteiger partial charge < -0.3 is 10.8 Å². The molecule has 0 aliphatic carbocycles. The Hall–Kier alpha value is -0.950. The molecule has 3 N–H and O–H groups in total. The Bertz CT molecular complexity index is 437. The van der Waals surface area contributed by atoms with E-state index < -0.39 is 0 Å². The number of carbonyl (C=O) groups is 1. The third kappa shape index (κ3) is 3.79. The first-order valence-electron chi connectivity index (χ1n) is 7.08. The van der Waals surface area contributed by atoms with Crippen LogP contribution in [0.3, 0.4) is 0 Å². The lowest BCUT2D eigenvalue weighted by atomic mass is 10.1. The molecule has 2 heterocycles. The highest BCUT2D eigenvalue weighted by atomic mass is 32.1. The van der Waals surface area contributed by atoms with Gasteiger partial charge in [-0.3, -0.25) is 14.6 Å². The van der Waals surface area contributed by atoms with E-state index in [2.05, 4.69) is 16.7 Å². The summed E-state index contributed by atoms with van der Waals surface area (Å²) in [5.74, 6) is -0.356. The van der Waals surface area contributed by atoms with Crippen molar-refractivity contribution >= 4 is 17.2 Å². The molecule has 1 saturated heterocycles. The van der Waals surface area contributed by atoms with E-state index in [1.54, 1.807) is 11.3 Å². The minimum Gasteiger partial charge on any atom is -0.395 e. The molecule has 1 aromatic rings. The maximum atomic E-state index is 11.1. The maximum absolute atomic E-state index is 11.1. The Morgan fingerprint density at radius 2 is 2.15 bits per heavy atom. The fraction of sp³-hybridized carbons (Fsp3) is 0.643. The van der Waals surface area contributed by atoms with Gasteiger partial charge in [0.1, 0.15) is 0 Å². The highest BCUT2D eigenvalue weighted by molar-refractivity contribution is 7.10. The van der Waals surface area contributed by atoms with E-state index in [1.165, 1.54) is 4.88 Å². The Morgan fingerprint density at radius 1 is 1.45 bits per heavy atom. The largest absolute Gasteiger partial charge is 0.395 e. The second kappa shape index (κ2) is 7.17. The minimum atomic E-state index is -0.356. The average molecular weight is 297 g/mol. The summed E-state index contributed by atoms with van der Waals surface area (Å²) in [5, 5.41) is 11.2. The van der Waals surface area contributed by atoms with Crippen molar-refractivity contribution in [2.75, 3.05) is 32.8 Å². The summed E-state index contributed by atoms with van der Waals surface area (Å²) in [4.78, 5) is 17.0. The number of hydrogen-bond acceptors (Lipinski definition) is 5. The van der Waals surface area contributed by atoms with E-state index >= 15 is 0 Å². The van der Waals surface area contributed by atoms with Crippen LogP contribution >= 0.6 is 11.3 Å². The zero-order valence-electron chi connectivity index (χ0n) is 11.9. The molecular formula is C14H23N3O2S. The van der Waals surface area contributed by atoms with Gasteiger partial charge in [0.2, 0.25) is 5.91 Å². The number of primary amides is 1. The Morgan fingerprint density at radius 3 is 2.65 bits per heavy atom. The van der Waals surface area contributed by atoms with Crippen molar-refractivity contribution in [3.8, 4) is 0 Å². The number of amides is 1. The number of nitrogens with two attached hydrogens (primary N) is 1. The molecule has 0 saturated carbocycles. The average Bonchev–Trinajstić information content (AvgIpc) is 2.91. The number of rotatable bonds is 6. The maximum Gasteiger partial charge on any atom is 0.249 e. The molecule has 1 aromatic heterocycles. The number of piperazine rings is 1.